The molecule has 0 aliphatic rings. The first kappa shape index (κ1) is 21.3. The Kier molecular flexibility index (Phi) is 10.7. The van der Waals surface area contributed by atoms with E-state index in [2.05, 4.69) is 41.2 Å². The van der Waals surface area contributed by atoms with Gasteiger partial charge in [-0.2, -0.15) is 0 Å². The molecule has 0 heterocycles. The number of guanidine groups is 1. The van der Waals surface area contributed by atoms with Crippen molar-refractivity contribution in [1.82, 2.24) is 10.2 Å². The molecular formula is C19H34N4O2. The van der Waals surface area contributed by atoms with Gasteiger partial charge in [-0.15, -0.1) is 0 Å². The fourth-order valence-electron chi connectivity index (χ4n) is 2.72. The zero-order chi connectivity index (χ0) is 18.5. The summed E-state index contributed by atoms with van der Waals surface area (Å²) in [6.45, 7) is 11.1. The maximum Gasteiger partial charge on any atom is 0.188 e. The summed E-state index contributed by atoms with van der Waals surface area (Å²) < 4.78 is 10.7. The second-order valence-electron chi connectivity index (χ2n) is 5.72. The number of aliphatic imine (C=N–C) groups is 1. The van der Waals surface area contributed by atoms with E-state index in [9.17, 15) is 0 Å². The summed E-state index contributed by atoms with van der Waals surface area (Å²) in [5, 5.41) is 3.15. The zero-order valence-corrected chi connectivity index (χ0v) is 16.1. The van der Waals surface area contributed by atoms with E-state index in [1.165, 1.54) is 5.56 Å². The third-order valence-electron chi connectivity index (χ3n) is 4.14. The van der Waals surface area contributed by atoms with Gasteiger partial charge in [0.05, 0.1) is 19.7 Å². The summed E-state index contributed by atoms with van der Waals surface area (Å²) in [4.78, 5) is 6.93. The van der Waals surface area contributed by atoms with Crippen molar-refractivity contribution < 1.29 is 9.47 Å². The Morgan fingerprint density at radius 1 is 1.28 bits per heavy atom. The first-order valence-electron chi connectivity index (χ1n) is 9.15. The largest absolute Gasteiger partial charge is 0.497 e. The molecule has 0 spiro atoms. The van der Waals surface area contributed by atoms with Gasteiger partial charge < -0.3 is 20.5 Å². The normalized spacial score (nSPS) is 13.1. The fraction of sp³-hybridized carbons (Fsp3) is 0.632. The summed E-state index contributed by atoms with van der Waals surface area (Å²) in [5.74, 6) is 1.34. The number of likely N-dealkylation sites (N-methyl/N-ethyl adjacent to an activating group) is 1. The van der Waals surface area contributed by atoms with Crippen molar-refractivity contribution in [3.8, 4) is 5.75 Å². The monoisotopic (exact) mass is 350 g/mol. The number of nitrogens with two attached hydrogens (primary N) is 1. The molecule has 6 nitrogen and oxygen atoms in total. The van der Waals surface area contributed by atoms with Crippen LogP contribution in [0.3, 0.4) is 0 Å². The molecule has 1 aromatic rings. The first-order chi connectivity index (χ1) is 12.2. The first-order valence-corrected chi connectivity index (χ1v) is 9.15. The van der Waals surface area contributed by atoms with Crippen LogP contribution in [0.25, 0.3) is 0 Å². The highest BCUT2D eigenvalue weighted by Crippen LogP contribution is 2.24. The van der Waals surface area contributed by atoms with Crippen molar-refractivity contribution in [2.24, 2.45) is 10.7 Å². The van der Waals surface area contributed by atoms with Crippen molar-refractivity contribution in [3.05, 3.63) is 29.8 Å². The number of benzene rings is 1. The predicted octanol–water partition coefficient (Wildman–Crippen LogP) is 2.41. The lowest BCUT2D eigenvalue weighted by Crippen LogP contribution is -2.35. The van der Waals surface area contributed by atoms with Crippen LogP contribution in [0.2, 0.25) is 0 Å². The maximum atomic E-state index is 6.01. The molecule has 0 bridgehead atoms. The van der Waals surface area contributed by atoms with Gasteiger partial charge in [0.1, 0.15) is 5.75 Å². The number of rotatable bonds is 12. The van der Waals surface area contributed by atoms with E-state index in [1.807, 2.05) is 19.1 Å². The second-order valence-corrected chi connectivity index (χ2v) is 5.72. The van der Waals surface area contributed by atoms with Gasteiger partial charge >= 0.3 is 0 Å². The highest BCUT2D eigenvalue weighted by molar-refractivity contribution is 5.77. The van der Waals surface area contributed by atoms with E-state index in [0.29, 0.717) is 12.5 Å². The highest BCUT2D eigenvalue weighted by Gasteiger charge is 2.18. The molecule has 1 unspecified atom stereocenters. The summed E-state index contributed by atoms with van der Waals surface area (Å²) in [5.41, 5.74) is 7.20. The molecule has 142 valence electrons. The minimum Gasteiger partial charge on any atom is -0.497 e. The molecule has 3 N–H and O–H groups in total. The van der Waals surface area contributed by atoms with E-state index >= 15 is 0 Å². The van der Waals surface area contributed by atoms with E-state index in [1.54, 1.807) is 7.11 Å². The molecule has 0 aromatic heterocycles. The van der Waals surface area contributed by atoms with Crippen LogP contribution in [0.1, 0.15) is 38.8 Å². The van der Waals surface area contributed by atoms with Crippen LogP contribution < -0.4 is 15.8 Å². The second kappa shape index (κ2) is 12.6. The number of hydrogen-bond donors (Lipinski definition) is 2. The van der Waals surface area contributed by atoms with Gasteiger partial charge in [0.2, 0.25) is 0 Å². The molecule has 0 saturated carbocycles. The van der Waals surface area contributed by atoms with Gasteiger partial charge in [0, 0.05) is 19.8 Å². The Balaban J connectivity index is 2.72. The van der Waals surface area contributed by atoms with Crippen LogP contribution in [0.15, 0.2) is 29.3 Å². The number of hydrogen-bond acceptors (Lipinski definition) is 4. The Morgan fingerprint density at radius 2 is 2.04 bits per heavy atom. The van der Waals surface area contributed by atoms with Crippen molar-refractivity contribution in [2.75, 3.05) is 46.5 Å². The molecule has 1 aromatic carbocycles. The smallest absolute Gasteiger partial charge is 0.188 e. The molecule has 1 atom stereocenters. The van der Waals surface area contributed by atoms with Gasteiger partial charge in [-0.1, -0.05) is 26.0 Å². The van der Waals surface area contributed by atoms with Gasteiger partial charge in [-0.25, -0.2) is 0 Å². The van der Waals surface area contributed by atoms with Crippen LogP contribution in [-0.2, 0) is 4.74 Å². The molecule has 0 fully saturated rings. The maximum absolute atomic E-state index is 6.01. The Morgan fingerprint density at radius 3 is 2.68 bits per heavy atom. The standard InChI is InChI=1S/C19H34N4O2/c1-5-23(6-2)18(16-10-8-11-17(14-16)24-4)15-22-19(20)21-12-9-13-25-7-3/h8,10-11,14,18H,5-7,9,12-13,15H2,1-4H3,(H3,20,21,22). The summed E-state index contributed by atoms with van der Waals surface area (Å²) in [7, 11) is 1.69. The average molecular weight is 351 g/mol. The van der Waals surface area contributed by atoms with Crippen molar-refractivity contribution in [2.45, 2.75) is 33.2 Å². The fourth-order valence-corrected chi connectivity index (χ4v) is 2.72. The molecule has 0 saturated heterocycles. The topological polar surface area (TPSA) is 72.1 Å². The van der Waals surface area contributed by atoms with Crippen LogP contribution in [0, 0.1) is 0 Å². The number of nitrogens with one attached hydrogen (secondary N) is 1. The minimum atomic E-state index is 0.175. The third-order valence-corrected chi connectivity index (χ3v) is 4.14. The number of methoxy groups -OCH3 is 1. The van der Waals surface area contributed by atoms with Gasteiger partial charge in [-0.05, 0) is 44.1 Å². The Bertz CT molecular complexity index is 504. The predicted molar refractivity (Wildman–Crippen MR) is 104 cm³/mol. The molecule has 0 radical (unpaired) electrons. The summed E-state index contributed by atoms with van der Waals surface area (Å²) >= 11 is 0. The molecule has 1 rings (SSSR count). The van der Waals surface area contributed by atoms with Gasteiger partial charge in [0.15, 0.2) is 5.96 Å². The molecule has 0 aliphatic heterocycles. The average Bonchev–Trinajstić information content (AvgIpc) is 2.65. The molecular weight excluding hydrogens is 316 g/mol. The van der Waals surface area contributed by atoms with Gasteiger partial charge in [-0.3, -0.25) is 9.89 Å². The Labute approximate surface area is 152 Å². The lowest BCUT2D eigenvalue weighted by atomic mass is 10.0. The number of ether oxygens (including phenoxy) is 2. The van der Waals surface area contributed by atoms with Crippen LogP contribution in [-0.4, -0.2) is 57.4 Å². The number of nitrogens with zero attached hydrogens (tertiary/aromatic N) is 2. The lowest BCUT2D eigenvalue weighted by Gasteiger charge is -2.29. The van der Waals surface area contributed by atoms with E-state index in [4.69, 9.17) is 15.2 Å². The van der Waals surface area contributed by atoms with E-state index in [-0.39, 0.29) is 6.04 Å². The summed E-state index contributed by atoms with van der Waals surface area (Å²) in [6, 6.07) is 8.34. The SMILES string of the molecule is CCOCCCNC(N)=NCC(c1cccc(OC)c1)N(CC)CC. The highest BCUT2D eigenvalue weighted by atomic mass is 16.5. The quantitative estimate of drug-likeness (QED) is 0.344. The summed E-state index contributed by atoms with van der Waals surface area (Å²) in [6.07, 6.45) is 0.916. The zero-order valence-electron chi connectivity index (χ0n) is 16.1. The van der Waals surface area contributed by atoms with Crippen LogP contribution in [0.5, 0.6) is 5.75 Å². The Hall–Kier alpha value is -1.79. The van der Waals surface area contributed by atoms with E-state index in [0.717, 1.165) is 45.0 Å². The van der Waals surface area contributed by atoms with Crippen LogP contribution >= 0.6 is 0 Å². The third kappa shape index (κ3) is 7.75. The lowest BCUT2D eigenvalue weighted by molar-refractivity contribution is 0.145. The molecule has 6 heteroatoms. The van der Waals surface area contributed by atoms with Crippen molar-refractivity contribution >= 4 is 5.96 Å². The molecule has 0 aliphatic carbocycles. The minimum absolute atomic E-state index is 0.175. The van der Waals surface area contributed by atoms with E-state index < -0.39 is 0 Å². The molecule has 25 heavy (non-hydrogen) atoms. The van der Waals surface area contributed by atoms with Crippen molar-refractivity contribution in [1.29, 1.82) is 0 Å². The molecule has 0 amide bonds. The van der Waals surface area contributed by atoms with Crippen LogP contribution in [0.4, 0.5) is 0 Å². The van der Waals surface area contributed by atoms with Crippen molar-refractivity contribution in [3.63, 3.8) is 0 Å². The van der Waals surface area contributed by atoms with Gasteiger partial charge in [0.25, 0.3) is 0 Å².